The van der Waals surface area contributed by atoms with Crippen molar-refractivity contribution in [1.82, 2.24) is 5.32 Å². The van der Waals surface area contributed by atoms with Gasteiger partial charge in [-0.1, -0.05) is 22.0 Å². The number of nitrogens with one attached hydrogen (secondary N) is 2. The van der Waals surface area contributed by atoms with Gasteiger partial charge >= 0.3 is 12.0 Å². The summed E-state index contributed by atoms with van der Waals surface area (Å²) < 4.78 is 0.640. The van der Waals surface area contributed by atoms with Gasteiger partial charge in [-0.05, 0) is 18.2 Å². The second-order valence-corrected chi connectivity index (χ2v) is 5.81. The van der Waals surface area contributed by atoms with Crippen LogP contribution in [0.4, 0.5) is 10.5 Å². The summed E-state index contributed by atoms with van der Waals surface area (Å²) in [4.78, 5) is 22.7. The molecule has 0 spiro atoms. The van der Waals surface area contributed by atoms with Crippen LogP contribution in [0.15, 0.2) is 35.3 Å². The SMILES string of the molecule is C=CCSCCNC(=O)Nc1ccc(Br)cc1C(=O)O. The fraction of sp³-hybridized carbons (Fsp3) is 0.231. The smallest absolute Gasteiger partial charge is 0.337 e. The summed E-state index contributed by atoms with van der Waals surface area (Å²) in [6.45, 7) is 4.11. The Morgan fingerprint density at radius 1 is 1.45 bits per heavy atom. The normalized spacial score (nSPS) is 9.85. The van der Waals surface area contributed by atoms with Gasteiger partial charge in [0.25, 0.3) is 0 Å². The topological polar surface area (TPSA) is 78.4 Å². The summed E-state index contributed by atoms with van der Waals surface area (Å²) in [5.41, 5.74) is 0.299. The maximum absolute atomic E-state index is 11.6. The van der Waals surface area contributed by atoms with Crippen LogP contribution in [-0.2, 0) is 0 Å². The molecular formula is C13H15BrN2O3S. The molecule has 3 N–H and O–H groups in total. The van der Waals surface area contributed by atoms with Gasteiger partial charge in [-0.3, -0.25) is 0 Å². The van der Waals surface area contributed by atoms with E-state index < -0.39 is 12.0 Å². The number of urea groups is 1. The lowest BCUT2D eigenvalue weighted by Crippen LogP contribution is -2.31. The monoisotopic (exact) mass is 358 g/mol. The van der Waals surface area contributed by atoms with Gasteiger partial charge in [-0.15, -0.1) is 6.58 Å². The number of anilines is 1. The highest BCUT2D eigenvalue weighted by molar-refractivity contribution is 9.10. The Bertz CT molecular complexity index is 508. The molecule has 0 saturated heterocycles. The summed E-state index contributed by atoms with van der Waals surface area (Å²) in [6, 6.07) is 4.23. The third-order valence-electron chi connectivity index (χ3n) is 2.23. The second kappa shape index (κ2) is 8.65. The molecule has 5 nitrogen and oxygen atoms in total. The van der Waals surface area contributed by atoms with E-state index in [0.717, 1.165) is 11.5 Å². The van der Waals surface area contributed by atoms with Gasteiger partial charge in [-0.2, -0.15) is 11.8 Å². The Morgan fingerprint density at radius 2 is 2.20 bits per heavy atom. The number of aromatic carboxylic acids is 1. The van der Waals surface area contributed by atoms with Crippen LogP contribution in [0.1, 0.15) is 10.4 Å². The molecule has 20 heavy (non-hydrogen) atoms. The molecule has 1 rings (SSSR count). The van der Waals surface area contributed by atoms with Crippen LogP contribution in [0.2, 0.25) is 0 Å². The van der Waals surface area contributed by atoms with Gasteiger partial charge in [0.2, 0.25) is 0 Å². The molecular weight excluding hydrogens is 344 g/mol. The Hall–Kier alpha value is -1.47. The zero-order valence-corrected chi connectivity index (χ0v) is 13.1. The molecule has 0 radical (unpaired) electrons. The first-order valence-electron chi connectivity index (χ1n) is 5.81. The first kappa shape index (κ1) is 16.6. The lowest BCUT2D eigenvalue weighted by Gasteiger charge is -2.10. The molecule has 108 valence electrons. The minimum atomic E-state index is -1.09. The predicted molar refractivity (Wildman–Crippen MR) is 85.6 cm³/mol. The zero-order chi connectivity index (χ0) is 15.0. The molecule has 7 heteroatoms. The predicted octanol–water partition coefficient (Wildman–Crippen LogP) is 3.19. The van der Waals surface area contributed by atoms with Crippen molar-refractivity contribution in [3.63, 3.8) is 0 Å². The van der Waals surface area contributed by atoms with E-state index in [9.17, 15) is 9.59 Å². The standard InChI is InChI=1S/C13H15BrN2O3S/c1-2-6-20-7-5-15-13(19)16-11-4-3-9(14)8-10(11)12(17)18/h2-4,8H,1,5-7H2,(H,17,18)(H2,15,16,19). The van der Waals surface area contributed by atoms with E-state index in [2.05, 4.69) is 33.1 Å². The number of hydrogen-bond acceptors (Lipinski definition) is 3. The molecule has 0 aliphatic heterocycles. The quantitative estimate of drug-likeness (QED) is 0.516. The summed E-state index contributed by atoms with van der Waals surface area (Å²) >= 11 is 4.84. The molecule has 2 amide bonds. The lowest BCUT2D eigenvalue weighted by molar-refractivity contribution is 0.0698. The third kappa shape index (κ3) is 5.66. The van der Waals surface area contributed by atoms with Gasteiger partial charge in [0.1, 0.15) is 0 Å². The van der Waals surface area contributed by atoms with Crippen molar-refractivity contribution in [2.75, 3.05) is 23.4 Å². The minimum Gasteiger partial charge on any atom is -0.478 e. The number of carbonyl (C=O) groups excluding carboxylic acids is 1. The Morgan fingerprint density at radius 3 is 2.85 bits per heavy atom. The van der Waals surface area contributed by atoms with Crippen LogP contribution in [0.5, 0.6) is 0 Å². The van der Waals surface area contributed by atoms with E-state index in [4.69, 9.17) is 5.11 Å². The van der Waals surface area contributed by atoms with Crippen LogP contribution < -0.4 is 10.6 Å². The number of rotatable bonds is 7. The van der Waals surface area contributed by atoms with E-state index >= 15 is 0 Å². The van der Waals surface area contributed by atoms with Crippen LogP contribution in [0.3, 0.4) is 0 Å². The van der Waals surface area contributed by atoms with Crippen LogP contribution in [0, 0.1) is 0 Å². The Labute approximate surface area is 130 Å². The largest absolute Gasteiger partial charge is 0.478 e. The summed E-state index contributed by atoms with van der Waals surface area (Å²) in [5, 5.41) is 14.3. The van der Waals surface area contributed by atoms with Crippen molar-refractivity contribution in [2.45, 2.75) is 0 Å². The molecule has 0 aromatic heterocycles. The molecule has 0 heterocycles. The Kier molecular flexibility index (Phi) is 7.17. The van der Waals surface area contributed by atoms with Gasteiger partial charge in [-0.25, -0.2) is 9.59 Å². The maximum atomic E-state index is 11.6. The first-order chi connectivity index (χ1) is 9.54. The average Bonchev–Trinajstić information content (AvgIpc) is 2.40. The number of carboxylic acids is 1. The number of carboxylic acid groups (broad SMARTS) is 1. The number of amides is 2. The minimum absolute atomic E-state index is 0.0376. The average molecular weight is 359 g/mol. The van der Waals surface area contributed by atoms with E-state index in [0.29, 0.717) is 11.0 Å². The van der Waals surface area contributed by atoms with Crippen molar-refractivity contribution in [3.8, 4) is 0 Å². The van der Waals surface area contributed by atoms with E-state index in [1.807, 2.05) is 0 Å². The maximum Gasteiger partial charge on any atom is 0.337 e. The third-order valence-corrected chi connectivity index (χ3v) is 3.69. The first-order valence-corrected chi connectivity index (χ1v) is 7.75. The molecule has 0 saturated carbocycles. The highest BCUT2D eigenvalue weighted by Crippen LogP contribution is 2.21. The molecule has 0 bridgehead atoms. The highest BCUT2D eigenvalue weighted by Gasteiger charge is 2.12. The van der Waals surface area contributed by atoms with Crippen molar-refractivity contribution < 1.29 is 14.7 Å². The van der Waals surface area contributed by atoms with Crippen LogP contribution in [-0.4, -0.2) is 35.2 Å². The molecule has 0 aliphatic carbocycles. The lowest BCUT2D eigenvalue weighted by atomic mass is 10.2. The molecule has 0 aliphatic rings. The molecule has 0 fully saturated rings. The highest BCUT2D eigenvalue weighted by atomic mass is 79.9. The van der Waals surface area contributed by atoms with Gasteiger partial charge in [0, 0.05) is 22.5 Å². The van der Waals surface area contributed by atoms with Crippen molar-refractivity contribution in [3.05, 3.63) is 40.9 Å². The van der Waals surface area contributed by atoms with Crippen molar-refractivity contribution in [2.24, 2.45) is 0 Å². The van der Waals surface area contributed by atoms with Crippen molar-refractivity contribution in [1.29, 1.82) is 0 Å². The van der Waals surface area contributed by atoms with E-state index in [1.165, 1.54) is 6.07 Å². The van der Waals surface area contributed by atoms with E-state index in [-0.39, 0.29) is 11.3 Å². The van der Waals surface area contributed by atoms with Gasteiger partial charge < -0.3 is 15.7 Å². The number of hydrogen-bond donors (Lipinski definition) is 3. The number of thioether (sulfide) groups is 1. The van der Waals surface area contributed by atoms with Crippen LogP contribution >= 0.6 is 27.7 Å². The van der Waals surface area contributed by atoms with Gasteiger partial charge in [0.05, 0.1) is 11.3 Å². The van der Waals surface area contributed by atoms with Crippen LogP contribution in [0.25, 0.3) is 0 Å². The zero-order valence-electron chi connectivity index (χ0n) is 10.7. The number of halogens is 1. The molecule has 1 aromatic carbocycles. The van der Waals surface area contributed by atoms with Gasteiger partial charge in [0.15, 0.2) is 0 Å². The fourth-order valence-electron chi connectivity index (χ4n) is 1.37. The number of benzene rings is 1. The summed E-state index contributed by atoms with van der Waals surface area (Å²) in [6.07, 6.45) is 1.80. The molecule has 1 aromatic rings. The molecule has 0 atom stereocenters. The second-order valence-electron chi connectivity index (χ2n) is 3.74. The molecule has 0 unspecified atom stereocenters. The Balaban J connectivity index is 2.53. The summed E-state index contributed by atoms with van der Waals surface area (Å²) in [7, 11) is 0. The van der Waals surface area contributed by atoms with E-state index in [1.54, 1.807) is 30.0 Å². The number of carbonyl (C=O) groups is 2. The fourth-order valence-corrected chi connectivity index (χ4v) is 2.31. The summed E-state index contributed by atoms with van der Waals surface area (Å²) in [5.74, 6) is 0.508. The van der Waals surface area contributed by atoms with Crippen molar-refractivity contribution >= 4 is 45.4 Å².